The molecule has 0 aromatic rings. The zero-order valence-corrected chi connectivity index (χ0v) is 12.3. The maximum atomic E-state index is 11.9. The molecule has 0 bridgehead atoms. The molecule has 1 unspecified atom stereocenters. The van der Waals surface area contributed by atoms with E-state index in [4.69, 9.17) is 0 Å². The van der Waals surface area contributed by atoms with Gasteiger partial charge in [0.1, 0.15) is 0 Å². The maximum Gasteiger partial charge on any atom is 0.234 e. The Morgan fingerprint density at radius 2 is 2.06 bits per heavy atom. The van der Waals surface area contributed by atoms with Crippen LogP contribution < -0.4 is 5.32 Å². The van der Waals surface area contributed by atoms with Gasteiger partial charge in [0.15, 0.2) is 0 Å². The fraction of sp³-hybridized carbons (Fsp3) is 0.929. The van der Waals surface area contributed by atoms with E-state index in [1.807, 2.05) is 20.8 Å². The van der Waals surface area contributed by atoms with Crippen molar-refractivity contribution in [1.29, 1.82) is 0 Å². The molecular weight excluding hydrogens is 228 g/mol. The summed E-state index contributed by atoms with van der Waals surface area (Å²) in [6, 6.07) is 0. The van der Waals surface area contributed by atoms with Crippen LogP contribution in [0.5, 0.6) is 0 Å². The molecule has 2 N–H and O–H groups in total. The van der Waals surface area contributed by atoms with Crippen molar-refractivity contribution >= 4 is 5.91 Å². The molecule has 0 aromatic heterocycles. The lowest BCUT2D eigenvalue weighted by Gasteiger charge is -2.27. The number of likely N-dealkylation sites (tertiary alicyclic amines) is 1. The summed E-state index contributed by atoms with van der Waals surface area (Å²) in [5.41, 5.74) is -0.692. The van der Waals surface area contributed by atoms with Crippen LogP contribution in [0.3, 0.4) is 0 Å². The second-order valence-electron chi connectivity index (χ2n) is 6.41. The standard InChI is InChI=1S/C14H28N2O2/c1-5-13(2,3)15-12(17)11-16-9-6-7-14(4,18)8-10-16/h18H,5-11H2,1-4H3,(H,15,17). The van der Waals surface area contributed by atoms with Crippen LogP contribution >= 0.6 is 0 Å². The number of hydrogen-bond donors (Lipinski definition) is 2. The van der Waals surface area contributed by atoms with Gasteiger partial charge in [0.2, 0.25) is 5.91 Å². The van der Waals surface area contributed by atoms with Gasteiger partial charge in [-0.2, -0.15) is 0 Å². The van der Waals surface area contributed by atoms with Gasteiger partial charge in [-0.15, -0.1) is 0 Å². The Bertz CT molecular complexity index is 288. The van der Waals surface area contributed by atoms with Crippen LogP contribution in [0.1, 0.15) is 53.4 Å². The molecule has 106 valence electrons. The van der Waals surface area contributed by atoms with Crippen molar-refractivity contribution in [2.75, 3.05) is 19.6 Å². The van der Waals surface area contributed by atoms with Gasteiger partial charge in [0.25, 0.3) is 0 Å². The Labute approximate surface area is 111 Å². The summed E-state index contributed by atoms with van der Waals surface area (Å²) in [6.45, 7) is 10.2. The third kappa shape index (κ3) is 5.36. The van der Waals surface area contributed by atoms with E-state index in [9.17, 15) is 9.90 Å². The molecule has 1 atom stereocenters. The van der Waals surface area contributed by atoms with Crippen LogP contribution in [0, 0.1) is 0 Å². The molecule has 1 saturated heterocycles. The molecule has 1 rings (SSSR count). The third-order valence-corrected chi connectivity index (χ3v) is 3.89. The van der Waals surface area contributed by atoms with Gasteiger partial charge in [-0.25, -0.2) is 0 Å². The highest BCUT2D eigenvalue weighted by Crippen LogP contribution is 2.21. The van der Waals surface area contributed by atoms with Gasteiger partial charge < -0.3 is 10.4 Å². The van der Waals surface area contributed by atoms with Gasteiger partial charge in [-0.3, -0.25) is 9.69 Å². The summed E-state index contributed by atoms with van der Waals surface area (Å²) in [7, 11) is 0. The molecule has 0 aromatic carbocycles. The van der Waals surface area contributed by atoms with Gasteiger partial charge in [0.05, 0.1) is 12.1 Å². The highest BCUT2D eigenvalue weighted by atomic mass is 16.3. The first-order valence-electron chi connectivity index (χ1n) is 7.00. The molecule has 18 heavy (non-hydrogen) atoms. The average molecular weight is 256 g/mol. The average Bonchev–Trinajstić information content (AvgIpc) is 2.40. The predicted octanol–water partition coefficient (Wildman–Crippen LogP) is 1.53. The maximum absolute atomic E-state index is 11.9. The Kier molecular flexibility index (Phi) is 5.17. The SMILES string of the molecule is CCC(C)(C)NC(=O)CN1CCCC(C)(O)CC1. The first-order chi connectivity index (χ1) is 8.24. The summed E-state index contributed by atoms with van der Waals surface area (Å²) >= 11 is 0. The van der Waals surface area contributed by atoms with Crippen LogP contribution in [0.4, 0.5) is 0 Å². The van der Waals surface area contributed by atoms with Crippen LogP contribution in [-0.2, 0) is 4.79 Å². The molecule has 4 nitrogen and oxygen atoms in total. The number of nitrogens with one attached hydrogen (secondary N) is 1. The number of carbonyl (C=O) groups is 1. The van der Waals surface area contributed by atoms with Crippen molar-refractivity contribution in [2.24, 2.45) is 0 Å². The molecule has 1 aliphatic rings. The second kappa shape index (κ2) is 6.02. The van der Waals surface area contributed by atoms with Gasteiger partial charge in [-0.05, 0) is 53.0 Å². The van der Waals surface area contributed by atoms with Gasteiger partial charge in [-0.1, -0.05) is 6.92 Å². The Morgan fingerprint density at radius 1 is 1.39 bits per heavy atom. The molecule has 0 spiro atoms. The number of nitrogens with zero attached hydrogens (tertiary/aromatic N) is 1. The van der Waals surface area contributed by atoms with Crippen molar-refractivity contribution in [1.82, 2.24) is 10.2 Å². The molecule has 0 aliphatic carbocycles. The Balaban J connectivity index is 2.41. The fourth-order valence-corrected chi connectivity index (χ4v) is 2.19. The molecule has 1 heterocycles. The number of rotatable bonds is 4. The van der Waals surface area contributed by atoms with E-state index in [1.54, 1.807) is 0 Å². The number of amides is 1. The fourth-order valence-electron chi connectivity index (χ4n) is 2.19. The summed E-state index contributed by atoms with van der Waals surface area (Å²) in [6.07, 6.45) is 3.45. The minimum atomic E-state index is -0.562. The van der Waals surface area contributed by atoms with Crippen molar-refractivity contribution in [3.05, 3.63) is 0 Å². The molecule has 1 fully saturated rings. The molecule has 1 amide bonds. The molecule has 4 heteroatoms. The van der Waals surface area contributed by atoms with Crippen molar-refractivity contribution < 1.29 is 9.90 Å². The van der Waals surface area contributed by atoms with E-state index >= 15 is 0 Å². The number of carbonyl (C=O) groups excluding carboxylic acids is 1. The topological polar surface area (TPSA) is 52.6 Å². The molecule has 0 saturated carbocycles. The summed E-state index contributed by atoms with van der Waals surface area (Å²) in [4.78, 5) is 14.1. The van der Waals surface area contributed by atoms with E-state index in [0.29, 0.717) is 6.54 Å². The van der Waals surface area contributed by atoms with Crippen LogP contribution in [0.25, 0.3) is 0 Å². The smallest absolute Gasteiger partial charge is 0.234 e. The predicted molar refractivity (Wildman–Crippen MR) is 73.4 cm³/mol. The van der Waals surface area contributed by atoms with E-state index in [0.717, 1.165) is 38.8 Å². The largest absolute Gasteiger partial charge is 0.390 e. The summed E-state index contributed by atoms with van der Waals surface area (Å²) < 4.78 is 0. The molecule has 1 aliphatic heterocycles. The highest BCUT2D eigenvalue weighted by molar-refractivity contribution is 5.78. The minimum Gasteiger partial charge on any atom is -0.390 e. The summed E-state index contributed by atoms with van der Waals surface area (Å²) in [5, 5.41) is 13.1. The first-order valence-corrected chi connectivity index (χ1v) is 7.00. The Hall–Kier alpha value is -0.610. The van der Waals surface area contributed by atoms with Gasteiger partial charge in [0, 0.05) is 12.1 Å². The lowest BCUT2D eigenvalue weighted by Crippen LogP contribution is -2.47. The lowest BCUT2D eigenvalue weighted by molar-refractivity contribution is -0.123. The van der Waals surface area contributed by atoms with Crippen LogP contribution in [-0.4, -0.2) is 46.7 Å². The molecule has 0 radical (unpaired) electrons. The Morgan fingerprint density at radius 3 is 2.67 bits per heavy atom. The van der Waals surface area contributed by atoms with E-state index in [1.165, 1.54) is 0 Å². The first kappa shape index (κ1) is 15.4. The normalized spacial score (nSPS) is 26.7. The van der Waals surface area contributed by atoms with Crippen molar-refractivity contribution in [3.8, 4) is 0 Å². The zero-order chi connectivity index (χ0) is 13.8. The number of hydrogen-bond acceptors (Lipinski definition) is 3. The van der Waals surface area contributed by atoms with E-state index in [-0.39, 0.29) is 11.4 Å². The third-order valence-electron chi connectivity index (χ3n) is 3.89. The summed E-state index contributed by atoms with van der Waals surface area (Å²) in [5.74, 6) is 0.0865. The molecular formula is C14H28N2O2. The van der Waals surface area contributed by atoms with Crippen molar-refractivity contribution in [3.63, 3.8) is 0 Å². The van der Waals surface area contributed by atoms with E-state index < -0.39 is 5.60 Å². The zero-order valence-electron chi connectivity index (χ0n) is 12.3. The van der Waals surface area contributed by atoms with Crippen LogP contribution in [0.2, 0.25) is 0 Å². The van der Waals surface area contributed by atoms with Crippen molar-refractivity contribution in [2.45, 2.75) is 64.5 Å². The minimum absolute atomic E-state index is 0.0865. The van der Waals surface area contributed by atoms with Gasteiger partial charge >= 0.3 is 0 Å². The monoisotopic (exact) mass is 256 g/mol. The quantitative estimate of drug-likeness (QED) is 0.802. The van der Waals surface area contributed by atoms with E-state index in [2.05, 4.69) is 17.1 Å². The number of aliphatic hydroxyl groups is 1. The lowest BCUT2D eigenvalue weighted by atomic mass is 9.98. The second-order valence-corrected chi connectivity index (χ2v) is 6.41. The van der Waals surface area contributed by atoms with Crippen LogP contribution in [0.15, 0.2) is 0 Å². The highest BCUT2D eigenvalue weighted by Gasteiger charge is 2.26.